The molecular weight excluding hydrogens is 493 g/mol. The number of hydrogen-bond donors (Lipinski definition) is 2. The highest BCUT2D eigenvalue weighted by atomic mass is 127. The van der Waals surface area contributed by atoms with E-state index in [9.17, 15) is 14.7 Å². The topological polar surface area (TPSA) is 75.6 Å². The van der Waals surface area contributed by atoms with Gasteiger partial charge in [-0.2, -0.15) is 0 Å². The number of carbonyl (C=O) groups is 2. The lowest BCUT2D eigenvalue weighted by molar-refractivity contribution is -0.137. The summed E-state index contributed by atoms with van der Waals surface area (Å²) in [6, 6.07) is 23.0. The van der Waals surface area contributed by atoms with Crippen molar-refractivity contribution in [3.8, 4) is 11.1 Å². The molecule has 1 atom stereocenters. The van der Waals surface area contributed by atoms with E-state index in [4.69, 9.17) is 4.74 Å². The molecule has 0 radical (unpaired) electrons. The van der Waals surface area contributed by atoms with Crippen LogP contribution in [0.2, 0.25) is 0 Å². The van der Waals surface area contributed by atoms with Crippen molar-refractivity contribution in [3.63, 3.8) is 0 Å². The maximum absolute atomic E-state index is 12.5. The summed E-state index contributed by atoms with van der Waals surface area (Å²) in [5.41, 5.74) is 5.31. The summed E-state index contributed by atoms with van der Waals surface area (Å²) < 4.78 is 6.53. The molecule has 3 aromatic carbocycles. The molecule has 6 heteroatoms. The third-order valence-corrected chi connectivity index (χ3v) is 5.94. The van der Waals surface area contributed by atoms with Crippen molar-refractivity contribution >= 4 is 34.7 Å². The fourth-order valence-electron chi connectivity index (χ4n) is 3.93. The summed E-state index contributed by atoms with van der Waals surface area (Å²) in [5, 5.41) is 12.0. The largest absolute Gasteiger partial charge is 0.481 e. The molecule has 0 spiro atoms. The van der Waals surface area contributed by atoms with E-state index in [0.717, 1.165) is 31.4 Å². The van der Waals surface area contributed by atoms with Crippen LogP contribution in [0.15, 0.2) is 72.8 Å². The predicted octanol–water partition coefficient (Wildman–Crippen LogP) is 5.35. The zero-order valence-electron chi connectivity index (χ0n) is 16.0. The average Bonchev–Trinajstić information content (AvgIpc) is 3.05. The smallest absolute Gasteiger partial charge is 0.407 e. The molecule has 3 aromatic rings. The highest BCUT2D eigenvalue weighted by molar-refractivity contribution is 14.1. The maximum Gasteiger partial charge on any atom is 0.407 e. The summed E-state index contributed by atoms with van der Waals surface area (Å²) in [4.78, 5) is 23.8. The molecule has 2 N–H and O–H groups in total. The van der Waals surface area contributed by atoms with Gasteiger partial charge in [0.05, 0.1) is 12.5 Å². The van der Waals surface area contributed by atoms with E-state index in [1.54, 1.807) is 6.07 Å². The Kier molecular flexibility index (Phi) is 6.03. The number of alkyl carbamates (subject to hydrolysis) is 1. The van der Waals surface area contributed by atoms with Gasteiger partial charge in [0.2, 0.25) is 0 Å². The molecule has 1 aliphatic carbocycles. The van der Waals surface area contributed by atoms with E-state index in [1.807, 2.05) is 42.5 Å². The van der Waals surface area contributed by atoms with Gasteiger partial charge in [-0.25, -0.2) is 4.79 Å². The van der Waals surface area contributed by atoms with E-state index < -0.39 is 18.1 Å². The molecular formula is C24H20INO4. The number of rotatable bonds is 6. The Balaban J connectivity index is 1.48. The number of ether oxygens (including phenoxy) is 1. The minimum Gasteiger partial charge on any atom is -0.481 e. The zero-order valence-corrected chi connectivity index (χ0v) is 18.2. The van der Waals surface area contributed by atoms with Gasteiger partial charge in [0, 0.05) is 9.49 Å². The number of amides is 1. The van der Waals surface area contributed by atoms with Gasteiger partial charge in [-0.3, -0.25) is 4.79 Å². The van der Waals surface area contributed by atoms with Gasteiger partial charge in [0.25, 0.3) is 0 Å². The van der Waals surface area contributed by atoms with Crippen LogP contribution < -0.4 is 5.32 Å². The maximum atomic E-state index is 12.5. The summed E-state index contributed by atoms with van der Waals surface area (Å²) >= 11 is 2.16. The summed E-state index contributed by atoms with van der Waals surface area (Å²) in [7, 11) is 0. The molecule has 0 saturated heterocycles. The first-order valence-electron chi connectivity index (χ1n) is 9.61. The fraction of sp³-hybridized carbons (Fsp3) is 0.167. The number of aliphatic carboxylic acids is 1. The Morgan fingerprint density at radius 2 is 1.60 bits per heavy atom. The van der Waals surface area contributed by atoms with Crippen molar-refractivity contribution in [2.75, 3.05) is 6.61 Å². The molecule has 0 fully saturated rings. The SMILES string of the molecule is O=C(O)C[C@@H](NC(=O)OCC1c2ccccc2-c2ccccc21)c1cccc(I)c1. The molecule has 4 rings (SSSR count). The third kappa shape index (κ3) is 4.33. The number of fused-ring (bicyclic) bond motifs is 3. The van der Waals surface area contributed by atoms with Gasteiger partial charge >= 0.3 is 12.1 Å². The Bertz CT molecular complexity index is 1050. The van der Waals surface area contributed by atoms with Crippen LogP contribution in [-0.2, 0) is 9.53 Å². The molecule has 0 aromatic heterocycles. The molecule has 0 saturated carbocycles. The molecule has 152 valence electrons. The molecule has 0 unspecified atom stereocenters. The van der Waals surface area contributed by atoms with Crippen molar-refractivity contribution in [2.45, 2.75) is 18.4 Å². The highest BCUT2D eigenvalue weighted by Crippen LogP contribution is 2.44. The lowest BCUT2D eigenvalue weighted by Crippen LogP contribution is -2.31. The first kappa shape index (κ1) is 20.4. The van der Waals surface area contributed by atoms with Gasteiger partial charge < -0.3 is 15.2 Å². The van der Waals surface area contributed by atoms with Crippen LogP contribution in [0, 0.1) is 3.57 Å². The first-order valence-corrected chi connectivity index (χ1v) is 10.7. The molecule has 0 heterocycles. The number of carboxylic acids is 1. The van der Waals surface area contributed by atoms with Crippen LogP contribution in [0.25, 0.3) is 11.1 Å². The van der Waals surface area contributed by atoms with Crippen LogP contribution >= 0.6 is 22.6 Å². The summed E-state index contributed by atoms with van der Waals surface area (Å²) in [6.07, 6.45) is -0.841. The number of carboxylic acid groups (broad SMARTS) is 1. The Morgan fingerprint density at radius 3 is 2.20 bits per heavy atom. The second kappa shape index (κ2) is 8.87. The second-order valence-electron chi connectivity index (χ2n) is 7.18. The van der Waals surface area contributed by atoms with Gasteiger partial charge in [-0.05, 0) is 62.5 Å². The zero-order chi connectivity index (χ0) is 21.1. The average molecular weight is 513 g/mol. The standard InChI is InChI=1S/C24H20INO4/c25-16-7-5-6-15(12-16)22(13-23(27)28)26-24(29)30-14-21-19-10-3-1-8-17(19)18-9-2-4-11-20(18)21/h1-12,21-22H,13-14H2,(H,26,29)(H,27,28)/t22-/m1/s1. The fourth-order valence-corrected chi connectivity index (χ4v) is 4.50. The van der Waals surface area contributed by atoms with Crippen molar-refractivity contribution in [2.24, 2.45) is 0 Å². The number of halogens is 1. The quantitative estimate of drug-likeness (QED) is 0.436. The van der Waals surface area contributed by atoms with Crippen LogP contribution in [0.1, 0.15) is 35.1 Å². The van der Waals surface area contributed by atoms with E-state index in [-0.39, 0.29) is 18.9 Å². The van der Waals surface area contributed by atoms with Gasteiger partial charge in [0.15, 0.2) is 0 Å². The van der Waals surface area contributed by atoms with Gasteiger partial charge in [-0.15, -0.1) is 0 Å². The van der Waals surface area contributed by atoms with E-state index in [2.05, 4.69) is 52.2 Å². The molecule has 1 aliphatic rings. The van der Waals surface area contributed by atoms with Crippen LogP contribution in [-0.4, -0.2) is 23.8 Å². The minimum atomic E-state index is -0.988. The summed E-state index contributed by atoms with van der Waals surface area (Å²) in [5.74, 6) is -1.03. The third-order valence-electron chi connectivity index (χ3n) is 5.27. The lowest BCUT2D eigenvalue weighted by atomic mass is 9.98. The van der Waals surface area contributed by atoms with Crippen LogP contribution in [0.3, 0.4) is 0 Å². The normalized spacial score (nSPS) is 13.2. The molecule has 0 aliphatic heterocycles. The Hall–Kier alpha value is -2.87. The van der Waals surface area contributed by atoms with Crippen molar-refractivity contribution < 1.29 is 19.4 Å². The van der Waals surface area contributed by atoms with E-state index in [0.29, 0.717) is 0 Å². The number of nitrogens with one attached hydrogen (secondary N) is 1. The monoisotopic (exact) mass is 513 g/mol. The van der Waals surface area contributed by atoms with Crippen molar-refractivity contribution in [1.82, 2.24) is 5.32 Å². The highest BCUT2D eigenvalue weighted by Gasteiger charge is 2.29. The molecule has 0 bridgehead atoms. The first-order chi connectivity index (χ1) is 14.5. The number of hydrogen-bond acceptors (Lipinski definition) is 3. The number of carbonyl (C=O) groups excluding carboxylic acids is 1. The number of benzene rings is 3. The van der Waals surface area contributed by atoms with E-state index in [1.165, 1.54) is 0 Å². The van der Waals surface area contributed by atoms with Gasteiger partial charge in [-0.1, -0.05) is 60.7 Å². The Labute approximate surface area is 188 Å². The Morgan fingerprint density at radius 1 is 0.967 bits per heavy atom. The van der Waals surface area contributed by atoms with Gasteiger partial charge in [0.1, 0.15) is 6.61 Å². The summed E-state index contributed by atoms with van der Waals surface area (Å²) in [6.45, 7) is 0.186. The van der Waals surface area contributed by atoms with Crippen molar-refractivity contribution in [1.29, 1.82) is 0 Å². The lowest BCUT2D eigenvalue weighted by Gasteiger charge is -2.19. The van der Waals surface area contributed by atoms with Crippen LogP contribution in [0.4, 0.5) is 4.79 Å². The van der Waals surface area contributed by atoms with Crippen molar-refractivity contribution in [3.05, 3.63) is 93.1 Å². The minimum absolute atomic E-state index is 0.0428. The molecule has 5 nitrogen and oxygen atoms in total. The molecule has 1 amide bonds. The second-order valence-corrected chi connectivity index (χ2v) is 8.42. The van der Waals surface area contributed by atoms with E-state index >= 15 is 0 Å². The van der Waals surface area contributed by atoms with Crippen LogP contribution in [0.5, 0.6) is 0 Å². The molecule has 30 heavy (non-hydrogen) atoms. The predicted molar refractivity (Wildman–Crippen MR) is 122 cm³/mol.